The van der Waals surface area contributed by atoms with Crippen molar-refractivity contribution in [1.29, 1.82) is 0 Å². The summed E-state index contributed by atoms with van der Waals surface area (Å²) in [4.78, 5) is 22.9. The highest BCUT2D eigenvalue weighted by molar-refractivity contribution is 9.10. The van der Waals surface area contributed by atoms with E-state index in [0.717, 1.165) is 12.3 Å². The Morgan fingerprint density at radius 3 is 2.62 bits per heavy atom. The van der Waals surface area contributed by atoms with Crippen LogP contribution in [0.1, 0.15) is 21.6 Å². The molecule has 0 bridgehead atoms. The van der Waals surface area contributed by atoms with E-state index in [2.05, 4.69) is 41.5 Å². The number of carbonyl (C=O) groups is 1. The summed E-state index contributed by atoms with van der Waals surface area (Å²) in [6.45, 7) is -0.187. The van der Waals surface area contributed by atoms with Crippen molar-refractivity contribution in [2.75, 3.05) is 5.32 Å². The largest absolute Gasteiger partial charge is 0.434 e. The maximum Gasteiger partial charge on any atom is 0.434 e. The molecule has 0 aliphatic rings. The molecule has 0 aliphatic heterocycles. The lowest BCUT2D eigenvalue weighted by molar-refractivity contribution is -0.141. The third kappa shape index (κ3) is 5.47. The maximum atomic E-state index is 13.4. The molecule has 2 aromatic heterocycles. The Morgan fingerprint density at radius 2 is 1.93 bits per heavy atom. The van der Waals surface area contributed by atoms with E-state index in [4.69, 9.17) is 0 Å². The summed E-state index contributed by atoms with van der Waals surface area (Å²) in [6.07, 6.45) is -2.91. The predicted octanol–water partition coefficient (Wildman–Crippen LogP) is 4.47. The molecule has 150 valence electrons. The Bertz CT molecular complexity index is 1040. The highest BCUT2D eigenvalue weighted by Crippen LogP contribution is 2.31. The van der Waals surface area contributed by atoms with Gasteiger partial charge in [0.1, 0.15) is 0 Å². The zero-order chi connectivity index (χ0) is 21.0. The number of nitrogens with zero attached hydrogens (tertiary/aromatic N) is 3. The van der Waals surface area contributed by atoms with Crippen molar-refractivity contribution in [3.63, 3.8) is 0 Å². The molecule has 3 rings (SSSR count). The van der Waals surface area contributed by atoms with Crippen LogP contribution in [-0.4, -0.2) is 20.9 Å². The first kappa shape index (κ1) is 20.6. The summed E-state index contributed by atoms with van der Waals surface area (Å²) in [6, 6.07) is 9.17. The Morgan fingerprint density at radius 1 is 1.14 bits per heavy atom. The highest BCUT2D eigenvalue weighted by atomic mass is 79.9. The van der Waals surface area contributed by atoms with E-state index in [1.165, 1.54) is 12.3 Å². The molecule has 3 aromatic rings. The van der Waals surface area contributed by atoms with E-state index in [1.807, 2.05) is 0 Å². The average Bonchev–Trinajstić information content (AvgIpc) is 2.65. The van der Waals surface area contributed by atoms with Crippen LogP contribution in [0.5, 0.6) is 0 Å². The summed E-state index contributed by atoms with van der Waals surface area (Å²) in [5.41, 5.74) is -1.33. The van der Waals surface area contributed by atoms with Crippen LogP contribution in [0.3, 0.4) is 0 Å². The van der Waals surface area contributed by atoms with Crippen molar-refractivity contribution in [2.24, 2.45) is 0 Å². The first-order chi connectivity index (χ1) is 13.7. The second-order valence-electron chi connectivity index (χ2n) is 5.76. The smallest absolute Gasteiger partial charge is 0.348 e. The standard InChI is InChI=1S/C18H12BrF4N5O/c19-11-2-1-3-12(7-11)27-17-26-9-13(15(28-17)18(21,22)23)16(29)25-8-10-4-5-24-14(20)6-10/h1-7,9H,8H2,(H,25,29)(H,26,27,28). The Balaban J connectivity index is 1.83. The highest BCUT2D eigenvalue weighted by Gasteiger charge is 2.38. The maximum absolute atomic E-state index is 13.4. The SMILES string of the molecule is O=C(NCc1ccnc(F)c1)c1cnc(Nc2cccc(Br)c2)nc1C(F)(F)F. The van der Waals surface area contributed by atoms with Gasteiger partial charge >= 0.3 is 6.18 Å². The average molecular weight is 470 g/mol. The van der Waals surface area contributed by atoms with Gasteiger partial charge in [0, 0.05) is 29.1 Å². The minimum absolute atomic E-state index is 0.187. The first-order valence-corrected chi connectivity index (χ1v) is 8.87. The molecule has 29 heavy (non-hydrogen) atoms. The van der Waals surface area contributed by atoms with Gasteiger partial charge in [-0.3, -0.25) is 4.79 Å². The molecule has 11 heteroatoms. The zero-order valence-corrected chi connectivity index (χ0v) is 16.1. The number of benzene rings is 1. The molecule has 0 spiro atoms. The van der Waals surface area contributed by atoms with Crippen LogP contribution >= 0.6 is 15.9 Å². The minimum Gasteiger partial charge on any atom is -0.348 e. The molecule has 1 amide bonds. The number of halogens is 5. The fourth-order valence-electron chi connectivity index (χ4n) is 2.35. The second-order valence-corrected chi connectivity index (χ2v) is 6.67. The molecular weight excluding hydrogens is 458 g/mol. The van der Waals surface area contributed by atoms with Crippen molar-refractivity contribution < 1.29 is 22.4 Å². The molecule has 0 radical (unpaired) electrons. The number of rotatable bonds is 5. The third-order valence-corrected chi connectivity index (χ3v) is 4.12. The minimum atomic E-state index is -4.88. The molecule has 1 aromatic carbocycles. The van der Waals surface area contributed by atoms with Gasteiger partial charge in [-0.25, -0.2) is 15.0 Å². The van der Waals surface area contributed by atoms with E-state index in [0.29, 0.717) is 15.7 Å². The van der Waals surface area contributed by atoms with Crippen LogP contribution < -0.4 is 10.6 Å². The summed E-state index contributed by atoms with van der Waals surface area (Å²) in [7, 11) is 0. The van der Waals surface area contributed by atoms with Gasteiger partial charge in [-0.05, 0) is 35.9 Å². The van der Waals surface area contributed by atoms with Gasteiger partial charge < -0.3 is 10.6 Å². The molecule has 0 atom stereocenters. The van der Waals surface area contributed by atoms with E-state index in [-0.39, 0.29) is 12.5 Å². The number of hydrogen-bond acceptors (Lipinski definition) is 5. The summed E-state index contributed by atoms with van der Waals surface area (Å²) >= 11 is 3.25. The molecule has 0 saturated heterocycles. The molecule has 0 saturated carbocycles. The molecule has 6 nitrogen and oxygen atoms in total. The van der Waals surface area contributed by atoms with Gasteiger partial charge in [-0.2, -0.15) is 17.6 Å². The van der Waals surface area contributed by atoms with Gasteiger partial charge in [0.05, 0.1) is 5.56 Å². The topological polar surface area (TPSA) is 79.8 Å². The van der Waals surface area contributed by atoms with E-state index in [9.17, 15) is 22.4 Å². The Labute approximate surface area is 170 Å². The van der Waals surface area contributed by atoms with Gasteiger partial charge in [0.25, 0.3) is 5.91 Å². The lowest BCUT2D eigenvalue weighted by atomic mass is 10.2. The number of alkyl halides is 3. The monoisotopic (exact) mass is 469 g/mol. The number of anilines is 2. The van der Waals surface area contributed by atoms with Crippen LogP contribution in [0.25, 0.3) is 0 Å². The van der Waals surface area contributed by atoms with Crippen molar-refractivity contribution >= 4 is 33.5 Å². The van der Waals surface area contributed by atoms with Gasteiger partial charge in [0.2, 0.25) is 11.9 Å². The van der Waals surface area contributed by atoms with Crippen molar-refractivity contribution in [3.05, 3.63) is 76.0 Å². The second kappa shape index (κ2) is 8.52. The van der Waals surface area contributed by atoms with Crippen LogP contribution in [0.2, 0.25) is 0 Å². The molecule has 0 unspecified atom stereocenters. The number of aromatic nitrogens is 3. The molecule has 0 fully saturated rings. The third-order valence-electron chi connectivity index (χ3n) is 3.63. The Kier molecular flexibility index (Phi) is 6.06. The Hall–Kier alpha value is -3.08. The van der Waals surface area contributed by atoms with Crippen LogP contribution in [-0.2, 0) is 12.7 Å². The number of carbonyl (C=O) groups excluding carboxylic acids is 1. The van der Waals surface area contributed by atoms with Gasteiger partial charge in [-0.1, -0.05) is 22.0 Å². The van der Waals surface area contributed by atoms with Gasteiger partial charge in [0.15, 0.2) is 5.69 Å². The van der Waals surface area contributed by atoms with Crippen molar-refractivity contribution in [3.8, 4) is 0 Å². The molecule has 2 N–H and O–H groups in total. The normalized spacial score (nSPS) is 11.2. The van der Waals surface area contributed by atoms with Gasteiger partial charge in [-0.15, -0.1) is 0 Å². The number of hydrogen-bond donors (Lipinski definition) is 2. The van der Waals surface area contributed by atoms with Crippen molar-refractivity contribution in [2.45, 2.75) is 12.7 Å². The van der Waals surface area contributed by atoms with E-state index in [1.54, 1.807) is 24.3 Å². The van der Waals surface area contributed by atoms with Crippen LogP contribution in [0, 0.1) is 5.95 Å². The molecule has 0 aliphatic carbocycles. The fourth-order valence-corrected chi connectivity index (χ4v) is 2.75. The summed E-state index contributed by atoms with van der Waals surface area (Å²) in [5.74, 6) is -2.12. The summed E-state index contributed by atoms with van der Waals surface area (Å²) in [5, 5.41) is 4.95. The fraction of sp³-hybridized carbons (Fsp3) is 0.111. The van der Waals surface area contributed by atoms with Crippen LogP contribution in [0.15, 0.2) is 53.3 Å². The lowest BCUT2D eigenvalue weighted by Gasteiger charge is -2.14. The quantitative estimate of drug-likeness (QED) is 0.425. The summed E-state index contributed by atoms with van der Waals surface area (Å²) < 4.78 is 54.1. The lowest BCUT2D eigenvalue weighted by Crippen LogP contribution is -2.27. The van der Waals surface area contributed by atoms with Crippen LogP contribution in [0.4, 0.5) is 29.2 Å². The van der Waals surface area contributed by atoms with E-state index >= 15 is 0 Å². The molecular formula is C18H12BrF4N5O. The number of nitrogens with one attached hydrogen (secondary N) is 2. The predicted molar refractivity (Wildman–Crippen MR) is 99.8 cm³/mol. The molecule has 2 heterocycles. The zero-order valence-electron chi connectivity index (χ0n) is 14.5. The number of pyridine rings is 1. The number of amides is 1. The first-order valence-electron chi connectivity index (χ1n) is 8.08. The van der Waals surface area contributed by atoms with Crippen molar-refractivity contribution in [1.82, 2.24) is 20.3 Å². The van der Waals surface area contributed by atoms with E-state index < -0.39 is 29.3 Å².